The number of ketones is 1. The molecule has 132 valence electrons. The van der Waals surface area contributed by atoms with Crippen molar-refractivity contribution >= 4 is 5.78 Å². The maximum absolute atomic E-state index is 9.44. The maximum Gasteiger partial charge on any atom is 0.126 e. The molecule has 0 aliphatic carbocycles. The number of terminal acetylenes is 1. The summed E-state index contributed by atoms with van der Waals surface area (Å²) < 4.78 is 0. The van der Waals surface area contributed by atoms with Crippen LogP contribution >= 0.6 is 0 Å². The number of unbranched alkanes of at least 4 members (excludes halogenated alkanes) is 2. The van der Waals surface area contributed by atoms with E-state index in [1.54, 1.807) is 0 Å². The number of carbonyl (C=O) groups is 1. The first kappa shape index (κ1) is 32.6. The fourth-order valence-electron chi connectivity index (χ4n) is 0.378. The Bertz CT molecular complexity index is 232. The second kappa shape index (κ2) is 42.7. The average molecular weight is 311 g/mol. The summed E-state index contributed by atoms with van der Waals surface area (Å²) in [6, 6.07) is 0. The normalized spacial score (nSPS) is 8.77. The van der Waals surface area contributed by atoms with Crippen LogP contribution in [0.25, 0.3) is 0 Å². The van der Waals surface area contributed by atoms with Crippen LogP contribution < -0.4 is 0 Å². The highest BCUT2D eigenvalue weighted by atomic mass is 16.1. The molecule has 0 N–H and O–H groups in total. The maximum atomic E-state index is 9.44. The lowest BCUT2D eigenvalue weighted by Crippen LogP contribution is -1.69. The number of hydrogen-bond acceptors (Lipinski definition) is 1. The van der Waals surface area contributed by atoms with E-state index in [2.05, 4.69) is 66.5 Å². The van der Waals surface area contributed by atoms with Gasteiger partial charge < -0.3 is 4.79 Å². The zero-order valence-electron chi connectivity index (χ0n) is 16.8. The van der Waals surface area contributed by atoms with E-state index in [-0.39, 0.29) is 5.78 Å². The minimum absolute atomic E-state index is 0.167. The van der Waals surface area contributed by atoms with Crippen LogP contribution in [0.5, 0.6) is 0 Å². The third-order valence-electron chi connectivity index (χ3n) is 2.13. The molecular formula is C21H42O. The Labute approximate surface area is 142 Å². The van der Waals surface area contributed by atoms with Gasteiger partial charge in [-0.25, -0.2) is 0 Å². The molecule has 0 spiro atoms. The molecule has 0 saturated carbocycles. The summed E-state index contributed by atoms with van der Waals surface area (Å²) in [4.78, 5) is 9.44. The smallest absolute Gasteiger partial charge is 0.126 e. The molecule has 0 fully saturated rings. The number of hydrogen-bond donors (Lipinski definition) is 0. The molecule has 0 unspecified atom stereocenters. The Hall–Kier alpha value is -1.29. The van der Waals surface area contributed by atoms with E-state index in [4.69, 9.17) is 0 Å². The molecule has 1 nitrogen and oxygen atoms in total. The molecule has 0 atom stereocenters. The summed E-state index contributed by atoms with van der Waals surface area (Å²) in [5, 5.41) is 0. The molecule has 0 radical (unpaired) electrons. The molecule has 0 saturated heterocycles. The molecule has 0 amide bonds. The van der Waals surface area contributed by atoms with Crippen molar-refractivity contribution in [3.05, 3.63) is 23.8 Å². The summed E-state index contributed by atoms with van der Waals surface area (Å²) in [5.41, 5.74) is 1.43. The third kappa shape index (κ3) is 130. The van der Waals surface area contributed by atoms with E-state index >= 15 is 0 Å². The van der Waals surface area contributed by atoms with Crippen molar-refractivity contribution in [2.75, 3.05) is 0 Å². The molecule has 0 aliphatic heterocycles. The number of allylic oxidation sites excluding steroid dienone is 4. The van der Waals surface area contributed by atoms with Crippen molar-refractivity contribution in [1.29, 1.82) is 0 Å². The Morgan fingerprint density at radius 2 is 1.09 bits per heavy atom. The zero-order valence-corrected chi connectivity index (χ0v) is 16.8. The molecule has 0 aromatic carbocycles. The Morgan fingerprint density at radius 1 is 0.818 bits per heavy atom. The highest BCUT2D eigenvalue weighted by Crippen LogP contribution is 1.96. The largest absolute Gasteiger partial charge is 0.300 e. The van der Waals surface area contributed by atoms with Crippen LogP contribution in [0.1, 0.15) is 94.4 Å². The topological polar surface area (TPSA) is 17.1 Å². The second-order valence-corrected chi connectivity index (χ2v) is 4.80. The van der Waals surface area contributed by atoms with Gasteiger partial charge >= 0.3 is 0 Å². The summed E-state index contributed by atoms with van der Waals surface area (Å²) in [5.74, 6) is 0.167. The quantitative estimate of drug-likeness (QED) is 0.391. The zero-order chi connectivity index (χ0) is 18.8. The molecular weight excluding hydrogens is 268 g/mol. The SMILES string of the molecule is C#C.C/C=C\C=C(/C)CC.CC(C)=O.CCCC.CCCC. The van der Waals surface area contributed by atoms with E-state index in [1.807, 2.05) is 13.0 Å². The highest BCUT2D eigenvalue weighted by molar-refractivity contribution is 5.72. The standard InChI is InChI=1S/C8H14.2C4H10.C3H6O.C2H2/c1-4-6-7-8(3)5-2;2*1-3-4-2;1-3(2)4;1-2/h4,6-7H,5H2,1-3H3;2*3-4H2,1-2H3;1-2H3;1-2H/b6-4-,8-7+;;;;. The van der Waals surface area contributed by atoms with Crippen molar-refractivity contribution < 1.29 is 4.79 Å². The van der Waals surface area contributed by atoms with E-state index in [9.17, 15) is 4.79 Å². The van der Waals surface area contributed by atoms with E-state index < -0.39 is 0 Å². The molecule has 22 heavy (non-hydrogen) atoms. The summed E-state index contributed by atoms with van der Waals surface area (Å²) in [6.45, 7) is 18.1. The van der Waals surface area contributed by atoms with Gasteiger partial charge in [-0.2, -0.15) is 0 Å². The summed E-state index contributed by atoms with van der Waals surface area (Å²) in [7, 11) is 0. The van der Waals surface area contributed by atoms with Gasteiger partial charge in [0.2, 0.25) is 0 Å². The Balaban J connectivity index is -0.0000000595. The van der Waals surface area contributed by atoms with E-state index in [1.165, 1.54) is 45.1 Å². The first-order valence-electron chi connectivity index (χ1n) is 8.46. The van der Waals surface area contributed by atoms with Gasteiger partial charge in [-0.05, 0) is 34.1 Å². The van der Waals surface area contributed by atoms with Crippen LogP contribution in [0.15, 0.2) is 23.8 Å². The summed E-state index contributed by atoms with van der Waals surface area (Å²) in [6.07, 6.45) is 20.7. The van der Waals surface area contributed by atoms with Gasteiger partial charge in [0.15, 0.2) is 0 Å². The molecule has 0 heterocycles. The second-order valence-electron chi connectivity index (χ2n) is 4.80. The van der Waals surface area contributed by atoms with Gasteiger partial charge in [-0.3, -0.25) is 0 Å². The highest BCUT2D eigenvalue weighted by Gasteiger charge is 1.75. The lowest BCUT2D eigenvalue weighted by Gasteiger charge is -1.87. The van der Waals surface area contributed by atoms with Crippen molar-refractivity contribution in [2.45, 2.75) is 94.4 Å². The summed E-state index contributed by atoms with van der Waals surface area (Å²) >= 11 is 0. The van der Waals surface area contributed by atoms with Crippen LogP contribution in [-0.4, -0.2) is 5.78 Å². The fraction of sp³-hybridized carbons (Fsp3) is 0.667. The van der Waals surface area contributed by atoms with Gasteiger partial charge in [0.25, 0.3) is 0 Å². The fourth-order valence-corrected chi connectivity index (χ4v) is 0.378. The van der Waals surface area contributed by atoms with Crippen LogP contribution in [-0.2, 0) is 4.79 Å². The lowest BCUT2D eigenvalue weighted by molar-refractivity contribution is -0.114. The molecule has 0 aromatic heterocycles. The van der Waals surface area contributed by atoms with Gasteiger partial charge in [-0.1, -0.05) is 84.1 Å². The Morgan fingerprint density at radius 3 is 1.23 bits per heavy atom. The van der Waals surface area contributed by atoms with Crippen molar-refractivity contribution in [1.82, 2.24) is 0 Å². The van der Waals surface area contributed by atoms with Crippen LogP contribution in [0.2, 0.25) is 0 Å². The van der Waals surface area contributed by atoms with Crippen LogP contribution in [0.3, 0.4) is 0 Å². The molecule has 1 heteroatoms. The molecule has 0 aliphatic rings. The first-order chi connectivity index (χ1) is 10.4. The lowest BCUT2D eigenvalue weighted by atomic mass is 10.2. The molecule has 0 aromatic rings. The minimum atomic E-state index is 0.167. The first-order valence-corrected chi connectivity index (χ1v) is 8.46. The van der Waals surface area contributed by atoms with E-state index in [0.717, 1.165) is 6.42 Å². The van der Waals surface area contributed by atoms with Gasteiger partial charge in [0.1, 0.15) is 5.78 Å². The third-order valence-corrected chi connectivity index (χ3v) is 2.13. The van der Waals surface area contributed by atoms with E-state index in [0.29, 0.717) is 0 Å². The van der Waals surface area contributed by atoms with Crippen molar-refractivity contribution in [2.24, 2.45) is 0 Å². The minimum Gasteiger partial charge on any atom is -0.300 e. The van der Waals surface area contributed by atoms with Crippen molar-refractivity contribution in [3.8, 4) is 12.8 Å². The number of rotatable bonds is 4. The number of carbonyl (C=O) groups excluding carboxylic acids is 1. The predicted molar refractivity (Wildman–Crippen MR) is 106 cm³/mol. The molecule has 0 rings (SSSR count). The van der Waals surface area contributed by atoms with Crippen LogP contribution in [0.4, 0.5) is 0 Å². The Kier molecular flexibility index (Phi) is 63.3. The predicted octanol–water partition coefficient (Wildman–Crippen LogP) is 7.38. The van der Waals surface area contributed by atoms with Gasteiger partial charge in [-0.15, -0.1) is 12.8 Å². The van der Waals surface area contributed by atoms with Crippen molar-refractivity contribution in [3.63, 3.8) is 0 Å². The van der Waals surface area contributed by atoms with Gasteiger partial charge in [0.05, 0.1) is 0 Å². The van der Waals surface area contributed by atoms with Gasteiger partial charge in [0, 0.05) is 0 Å². The number of Topliss-reactive ketones (excluding diaryl/α,β-unsaturated/α-hetero) is 1. The average Bonchev–Trinajstić information content (AvgIpc) is 2.54. The monoisotopic (exact) mass is 310 g/mol. The van der Waals surface area contributed by atoms with Crippen LogP contribution in [0, 0.1) is 12.8 Å². The molecule has 0 bridgehead atoms.